The first-order valence-corrected chi connectivity index (χ1v) is 11.2. The number of unbranched alkanes of at least 4 members (excludes halogenated alkanes) is 5. The highest BCUT2D eigenvalue weighted by Crippen LogP contribution is 2.17. The van der Waals surface area contributed by atoms with Gasteiger partial charge in [-0.3, -0.25) is 4.79 Å². The maximum atomic E-state index is 12.1. The van der Waals surface area contributed by atoms with E-state index < -0.39 is 5.97 Å². The van der Waals surface area contributed by atoms with Crippen LogP contribution in [-0.4, -0.2) is 30.1 Å². The summed E-state index contributed by atoms with van der Waals surface area (Å²) in [5.41, 5.74) is 1.03. The molecule has 31 heavy (non-hydrogen) atoms. The zero-order valence-corrected chi connectivity index (χ0v) is 19.1. The van der Waals surface area contributed by atoms with Gasteiger partial charge in [-0.1, -0.05) is 46.0 Å². The Labute approximate surface area is 186 Å². The highest BCUT2D eigenvalue weighted by molar-refractivity contribution is 5.94. The smallest absolute Gasteiger partial charge is 0.343 e. The number of benzene rings is 2. The van der Waals surface area contributed by atoms with Crippen molar-refractivity contribution in [2.45, 2.75) is 65.7 Å². The van der Waals surface area contributed by atoms with Crippen molar-refractivity contribution < 1.29 is 24.2 Å². The van der Waals surface area contributed by atoms with Crippen LogP contribution in [0.25, 0.3) is 0 Å². The van der Waals surface area contributed by atoms with Crippen LogP contribution in [0.15, 0.2) is 48.5 Å². The molecule has 5 heteroatoms. The van der Waals surface area contributed by atoms with Crippen LogP contribution >= 0.6 is 0 Å². The molecule has 2 aromatic carbocycles. The summed E-state index contributed by atoms with van der Waals surface area (Å²) in [5, 5.41) is 8.37. The van der Waals surface area contributed by atoms with Gasteiger partial charge in [0.2, 0.25) is 0 Å². The monoisotopic (exact) mass is 428 g/mol. The molecule has 0 radical (unpaired) electrons. The molecule has 0 spiro atoms. The Kier molecular flexibility index (Phi) is 13.7. The molecule has 2 rings (SSSR count). The summed E-state index contributed by atoms with van der Waals surface area (Å²) in [6, 6.07) is 13.3. The molecule has 0 aliphatic heterocycles. The third kappa shape index (κ3) is 11.3. The zero-order valence-electron chi connectivity index (χ0n) is 19.1. The molecule has 0 unspecified atom stereocenters. The molecule has 0 fully saturated rings. The topological polar surface area (TPSA) is 72.8 Å². The Morgan fingerprint density at radius 1 is 0.742 bits per heavy atom. The summed E-state index contributed by atoms with van der Waals surface area (Å²) in [6.07, 6.45) is 8.15. The Morgan fingerprint density at radius 2 is 1.29 bits per heavy atom. The fourth-order valence-corrected chi connectivity index (χ4v) is 2.66. The van der Waals surface area contributed by atoms with Gasteiger partial charge in [0, 0.05) is 12.2 Å². The minimum atomic E-state index is -0.444. The maximum absolute atomic E-state index is 12.1. The Morgan fingerprint density at radius 3 is 1.84 bits per heavy atom. The number of ketones is 1. The minimum absolute atomic E-state index is 0.0264. The van der Waals surface area contributed by atoms with Crippen LogP contribution in [0.2, 0.25) is 0 Å². The molecule has 0 aliphatic carbocycles. The molecule has 0 aliphatic rings. The molecule has 170 valence electrons. The second-order valence-corrected chi connectivity index (χ2v) is 7.33. The number of ether oxygens (including phenoxy) is 2. The standard InChI is InChI=1S/C19H20O4.C7H16O/c1-3-4-13-22-17-9-7-16(8-10-17)19(21)23-18-11-5-15(6-12-18)14(2)20;1-2-3-4-5-6-7-8/h5-12H,3-4,13H2,1-2H3;8H,2-7H2,1H3. The molecule has 0 saturated heterocycles. The van der Waals surface area contributed by atoms with Gasteiger partial charge in [0.05, 0.1) is 12.2 Å². The van der Waals surface area contributed by atoms with Crippen LogP contribution < -0.4 is 9.47 Å². The molecular weight excluding hydrogens is 392 g/mol. The normalized spacial score (nSPS) is 10.1. The number of hydrogen-bond acceptors (Lipinski definition) is 5. The van der Waals surface area contributed by atoms with Crippen LogP contribution in [0.5, 0.6) is 11.5 Å². The number of aliphatic hydroxyl groups excluding tert-OH is 1. The molecule has 0 bridgehead atoms. The van der Waals surface area contributed by atoms with Crippen LogP contribution in [0.4, 0.5) is 0 Å². The number of carbonyl (C=O) groups excluding carboxylic acids is 2. The molecule has 0 amide bonds. The summed E-state index contributed by atoms with van der Waals surface area (Å²) in [7, 11) is 0. The van der Waals surface area contributed by atoms with Gasteiger partial charge in [-0.2, -0.15) is 0 Å². The van der Waals surface area contributed by atoms with E-state index in [4.69, 9.17) is 14.6 Å². The molecule has 0 heterocycles. The van der Waals surface area contributed by atoms with E-state index >= 15 is 0 Å². The lowest BCUT2D eigenvalue weighted by Crippen LogP contribution is -2.08. The highest BCUT2D eigenvalue weighted by Gasteiger charge is 2.09. The van der Waals surface area contributed by atoms with Crippen LogP contribution in [0.1, 0.15) is 86.4 Å². The molecule has 0 atom stereocenters. The lowest BCUT2D eigenvalue weighted by atomic mass is 10.1. The Hall–Kier alpha value is -2.66. The number of hydrogen-bond donors (Lipinski definition) is 1. The van der Waals surface area contributed by atoms with Crippen LogP contribution in [0, 0.1) is 0 Å². The summed E-state index contributed by atoms with van der Waals surface area (Å²) >= 11 is 0. The van der Waals surface area contributed by atoms with E-state index in [2.05, 4.69) is 13.8 Å². The van der Waals surface area contributed by atoms with Gasteiger partial charge in [0.25, 0.3) is 0 Å². The van der Waals surface area contributed by atoms with Gasteiger partial charge in [0.15, 0.2) is 5.78 Å². The Balaban J connectivity index is 0.000000512. The first-order chi connectivity index (χ1) is 15.0. The van der Waals surface area contributed by atoms with E-state index in [-0.39, 0.29) is 5.78 Å². The SMILES string of the molecule is CCCCCCCO.CCCCOc1ccc(C(=O)Oc2ccc(C(C)=O)cc2)cc1. The fraction of sp³-hybridized carbons (Fsp3) is 0.462. The second kappa shape index (κ2) is 16.1. The second-order valence-electron chi connectivity index (χ2n) is 7.33. The number of aliphatic hydroxyl groups is 1. The van der Waals surface area contributed by atoms with Crippen LogP contribution in [0.3, 0.4) is 0 Å². The largest absolute Gasteiger partial charge is 0.494 e. The number of esters is 1. The van der Waals surface area contributed by atoms with Crippen molar-refractivity contribution in [2.75, 3.05) is 13.2 Å². The van der Waals surface area contributed by atoms with Gasteiger partial charge in [-0.15, -0.1) is 0 Å². The van der Waals surface area contributed by atoms with E-state index in [1.54, 1.807) is 48.5 Å². The number of rotatable bonds is 12. The molecule has 0 aromatic heterocycles. The first-order valence-electron chi connectivity index (χ1n) is 11.2. The average Bonchev–Trinajstić information content (AvgIpc) is 2.78. The van der Waals surface area contributed by atoms with Crippen molar-refractivity contribution in [3.8, 4) is 11.5 Å². The van der Waals surface area contributed by atoms with Crippen molar-refractivity contribution >= 4 is 11.8 Å². The summed E-state index contributed by atoms with van der Waals surface area (Å²) in [6.45, 7) is 6.82. The quantitative estimate of drug-likeness (QED) is 0.188. The van der Waals surface area contributed by atoms with Gasteiger partial charge in [0.1, 0.15) is 11.5 Å². The summed E-state index contributed by atoms with van der Waals surface area (Å²) in [4.78, 5) is 23.3. The fourth-order valence-electron chi connectivity index (χ4n) is 2.66. The van der Waals surface area contributed by atoms with Gasteiger partial charge >= 0.3 is 5.97 Å². The van der Waals surface area contributed by atoms with E-state index in [9.17, 15) is 9.59 Å². The van der Waals surface area contributed by atoms with Gasteiger partial charge < -0.3 is 14.6 Å². The zero-order chi connectivity index (χ0) is 22.9. The first kappa shape index (κ1) is 26.4. The third-order valence-electron chi connectivity index (χ3n) is 4.59. The van der Waals surface area contributed by atoms with E-state index in [1.165, 1.54) is 32.6 Å². The minimum Gasteiger partial charge on any atom is -0.494 e. The Bertz CT molecular complexity index is 744. The molecule has 2 aromatic rings. The predicted octanol–water partition coefficient (Wildman–Crippen LogP) is 6.24. The number of Topliss-reactive ketones (excluding diaryl/α,β-unsaturated/α-hetero) is 1. The van der Waals surface area contributed by atoms with E-state index in [0.29, 0.717) is 30.1 Å². The predicted molar refractivity (Wildman–Crippen MR) is 124 cm³/mol. The lowest BCUT2D eigenvalue weighted by Gasteiger charge is -2.07. The third-order valence-corrected chi connectivity index (χ3v) is 4.59. The summed E-state index contributed by atoms with van der Waals surface area (Å²) in [5.74, 6) is 0.673. The van der Waals surface area contributed by atoms with Gasteiger partial charge in [-0.25, -0.2) is 4.79 Å². The van der Waals surface area contributed by atoms with E-state index in [1.807, 2.05) is 0 Å². The van der Waals surface area contributed by atoms with E-state index in [0.717, 1.165) is 25.0 Å². The van der Waals surface area contributed by atoms with Crippen LogP contribution in [-0.2, 0) is 0 Å². The molecular formula is C26H36O5. The van der Waals surface area contributed by atoms with Crippen molar-refractivity contribution in [2.24, 2.45) is 0 Å². The van der Waals surface area contributed by atoms with Crippen molar-refractivity contribution in [3.63, 3.8) is 0 Å². The molecule has 5 nitrogen and oxygen atoms in total. The average molecular weight is 429 g/mol. The van der Waals surface area contributed by atoms with Crippen molar-refractivity contribution in [1.29, 1.82) is 0 Å². The van der Waals surface area contributed by atoms with Crippen molar-refractivity contribution in [1.82, 2.24) is 0 Å². The van der Waals surface area contributed by atoms with Gasteiger partial charge in [-0.05, 0) is 68.3 Å². The lowest BCUT2D eigenvalue weighted by molar-refractivity contribution is 0.0734. The molecule has 0 saturated carbocycles. The maximum Gasteiger partial charge on any atom is 0.343 e. The number of carbonyl (C=O) groups is 2. The highest BCUT2D eigenvalue weighted by atomic mass is 16.5. The molecule has 1 N–H and O–H groups in total. The summed E-state index contributed by atoms with van der Waals surface area (Å²) < 4.78 is 10.8. The van der Waals surface area contributed by atoms with Crippen molar-refractivity contribution in [3.05, 3.63) is 59.7 Å².